The van der Waals surface area contributed by atoms with E-state index in [1.54, 1.807) is 0 Å². The van der Waals surface area contributed by atoms with E-state index in [1.165, 1.54) is 19.3 Å². The third-order valence-corrected chi connectivity index (χ3v) is 4.52. The van der Waals surface area contributed by atoms with E-state index in [0.717, 1.165) is 19.4 Å². The maximum atomic E-state index is 6.07. The van der Waals surface area contributed by atoms with Crippen molar-refractivity contribution < 1.29 is 0 Å². The van der Waals surface area contributed by atoms with Crippen LogP contribution in [0.2, 0.25) is 0 Å². The van der Waals surface area contributed by atoms with Crippen LogP contribution in [0.15, 0.2) is 0 Å². The fourth-order valence-electron chi connectivity index (χ4n) is 2.35. The lowest BCUT2D eigenvalue weighted by atomic mass is 9.83. The molecule has 0 aliphatic rings. The van der Waals surface area contributed by atoms with E-state index in [9.17, 15) is 0 Å². The van der Waals surface area contributed by atoms with E-state index in [1.807, 2.05) is 0 Å². The highest BCUT2D eigenvalue weighted by Crippen LogP contribution is 2.32. The predicted octanol–water partition coefficient (Wildman–Crippen LogP) is 3.40. The SMILES string of the molecule is CCCCC(CC)(CN)N(C)C(C)(C)CC. The van der Waals surface area contributed by atoms with Gasteiger partial charge in [-0.05, 0) is 40.2 Å². The van der Waals surface area contributed by atoms with Crippen molar-refractivity contribution in [1.82, 2.24) is 4.90 Å². The number of unbranched alkanes of at least 4 members (excludes halogenated alkanes) is 1. The minimum atomic E-state index is 0.190. The van der Waals surface area contributed by atoms with Crippen LogP contribution >= 0.6 is 0 Å². The van der Waals surface area contributed by atoms with E-state index in [4.69, 9.17) is 5.73 Å². The first-order chi connectivity index (χ1) is 7.40. The smallest absolute Gasteiger partial charge is 0.0331 e. The number of likely N-dealkylation sites (N-methyl/N-ethyl adjacent to an activating group) is 1. The summed E-state index contributed by atoms with van der Waals surface area (Å²) in [6.07, 6.45) is 6.05. The standard InChI is InChI=1S/C14H32N2/c1-7-10-11-14(9-3,12-15)16(6)13(4,5)8-2/h7-12,15H2,1-6H3. The molecule has 16 heavy (non-hydrogen) atoms. The van der Waals surface area contributed by atoms with Crippen molar-refractivity contribution in [3.8, 4) is 0 Å². The van der Waals surface area contributed by atoms with E-state index in [0.29, 0.717) is 0 Å². The molecular weight excluding hydrogens is 196 g/mol. The zero-order valence-corrected chi connectivity index (χ0v) is 12.3. The Labute approximate surface area is 103 Å². The lowest BCUT2D eigenvalue weighted by Gasteiger charge is -2.49. The van der Waals surface area contributed by atoms with Crippen LogP contribution in [0.5, 0.6) is 0 Å². The molecule has 0 fully saturated rings. The Morgan fingerprint density at radius 1 is 1.06 bits per heavy atom. The van der Waals surface area contributed by atoms with Crippen LogP contribution in [0, 0.1) is 0 Å². The predicted molar refractivity (Wildman–Crippen MR) is 73.7 cm³/mol. The first-order valence-corrected chi connectivity index (χ1v) is 6.84. The molecule has 0 aromatic rings. The van der Waals surface area contributed by atoms with Crippen molar-refractivity contribution in [3.63, 3.8) is 0 Å². The molecule has 0 rings (SSSR count). The second-order valence-corrected chi connectivity index (χ2v) is 5.61. The maximum absolute atomic E-state index is 6.07. The summed E-state index contributed by atoms with van der Waals surface area (Å²) in [7, 11) is 2.25. The first-order valence-electron chi connectivity index (χ1n) is 6.84. The van der Waals surface area contributed by atoms with Crippen LogP contribution in [-0.2, 0) is 0 Å². The summed E-state index contributed by atoms with van der Waals surface area (Å²) in [6.45, 7) is 12.2. The van der Waals surface area contributed by atoms with Gasteiger partial charge < -0.3 is 5.73 Å². The van der Waals surface area contributed by atoms with Crippen LogP contribution < -0.4 is 5.73 Å². The lowest BCUT2D eigenvalue weighted by molar-refractivity contribution is 0.0133. The monoisotopic (exact) mass is 228 g/mol. The van der Waals surface area contributed by atoms with Crippen LogP contribution in [0.25, 0.3) is 0 Å². The molecule has 98 valence electrons. The van der Waals surface area contributed by atoms with Gasteiger partial charge in [-0.15, -0.1) is 0 Å². The van der Waals surface area contributed by atoms with Gasteiger partial charge >= 0.3 is 0 Å². The molecule has 0 amide bonds. The average molecular weight is 228 g/mol. The van der Waals surface area contributed by atoms with Crippen molar-refractivity contribution in [2.24, 2.45) is 5.73 Å². The fourth-order valence-corrected chi connectivity index (χ4v) is 2.35. The van der Waals surface area contributed by atoms with Crippen molar-refractivity contribution in [3.05, 3.63) is 0 Å². The Kier molecular flexibility index (Phi) is 6.57. The van der Waals surface area contributed by atoms with E-state index in [-0.39, 0.29) is 11.1 Å². The normalized spacial score (nSPS) is 16.5. The topological polar surface area (TPSA) is 29.3 Å². The van der Waals surface area contributed by atoms with Crippen molar-refractivity contribution >= 4 is 0 Å². The molecule has 0 radical (unpaired) electrons. The summed E-state index contributed by atoms with van der Waals surface area (Å²) in [5, 5.41) is 0. The van der Waals surface area contributed by atoms with Gasteiger partial charge in [-0.1, -0.05) is 33.6 Å². The van der Waals surface area contributed by atoms with Gasteiger partial charge in [0, 0.05) is 17.6 Å². The van der Waals surface area contributed by atoms with Crippen molar-refractivity contribution in [1.29, 1.82) is 0 Å². The Morgan fingerprint density at radius 2 is 1.62 bits per heavy atom. The van der Waals surface area contributed by atoms with Crippen LogP contribution in [0.3, 0.4) is 0 Å². The molecular formula is C14H32N2. The molecule has 0 aliphatic heterocycles. The summed E-state index contributed by atoms with van der Waals surface area (Å²) in [6, 6.07) is 0. The fraction of sp³-hybridized carbons (Fsp3) is 1.00. The number of hydrogen-bond acceptors (Lipinski definition) is 2. The maximum Gasteiger partial charge on any atom is 0.0331 e. The van der Waals surface area contributed by atoms with Crippen LogP contribution in [-0.4, -0.2) is 29.6 Å². The number of hydrogen-bond donors (Lipinski definition) is 1. The zero-order valence-electron chi connectivity index (χ0n) is 12.3. The van der Waals surface area contributed by atoms with Gasteiger partial charge in [-0.2, -0.15) is 0 Å². The van der Waals surface area contributed by atoms with Gasteiger partial charge in [0.25, 0.3) is 0 Å². The highest BCUT2D eigenvalue weighted by atomic mass is 15.2. The largest absolute Gasteiger partial charge is 0.329 e. The molecule has 2 N–H and O–H groups in total. The van der Waals surface area contributed by atoms with Gasteiger partial charge in [0.2, 0.25) is 0 Å². The quantitative estimate of drug-likeness (QED) is 0.690. The Hall–Kier alpha value is -0.0800. The van der Waals surface area contributed by atoms with Gasteiger partial charge in [-0.3, -0.25) is 4.90 Å². The number of nitrogens with two attached hydrogens (primary N) is 1. The van der Waals surface area contributed by atoms with Crippen LogP contribution in [0.4, 0.5) is 0 Å². The highest BCUT2D eigenvalue weighted by Gasteiger charge is 2.37. The number of nitrogens with zero attached hydrogens (tertiary/aromatic N) is 1. The molecule has 2 heteroatoms. The summed E-state index contributed by atoms with van der Waals surface area (Å²) in [4.78, 5) is 2.52. The zero-order chi connectivity index (χ0) is 12.8. The molecule has 0 saturated carbocycles. The van der Waals surface area contributed by atoms with Gasteiger partial charge in [0.05, 0.1) is 0 Å². The highest BCUT2D eigenvalue weighted by molar-refractivity contribution is 4.95. The Balaban J connectivity index is 4.87. The minimum absolute atomic E-state index is 0.190. The summed E-state index contributed by atoms with van der Waals surface area (Å²) >= 11 is 0. The van der Waals surface area contributed by atoms with Crippen LogP contribution in [0.1, 0.15) is 66.7 Å². The number of rotatable bonds is 8. The molecule has 0 aromatic heterocycles. The molecule has 0 aromatic carbocycles. The second kappa shape index (κ2) is 6.61. The Bertz CT molecular complexity index is 183. The van der Waals surface area contributed by atoms with Crippen molar-refractivity contribution in [2.45, 2.75) is 77.8 Å². The summed E-state index contributed by atoms with van der Waals surface area (Å²) in [5.74, 6) is 0. The third-order valence-electron chi connectivity index (χ3n) is 4.52. The van der Waals surface area contributed by atoms with E-state index >= 15 is 0 Å². The van der Waals surface area contributed by atoms with Gasteiger partial charge in [-0.25, -0.2) is 0 Å². The molecule has 0 bridgehead atoms. The van der Waals surface area contributed by atoms with Gasteiger partial charge in [0.15, 0.2) is 0 Å². The average Bonchev–Trinajstić information content (AvgIpc) is 2.30. The molecule has 0 heterocycles. The van der Waals surface area contributed by atoms with Gasteiger partial charge in [0.1, 0.15) is 0 Å². The molecule has 0 aliphatic carbocycles. The summed E-state index contributed by atoms with van der Waals surface area (Å²) in [5.41, 5.74) is 6.50. The lowest BCUT2D eigenvalue weighted by Crippen LogP contribution is -2.59. The van der Waals surface area contributed by atoms with E-state index < -0.39 is 0 Å². The van der Waals surface area contributed by atoms with Crippen molar-refractivity contribution in [2.75, 3.05) is 13.6 Å². The Morgan fingerprint density at radius 3 is 1.94 bits per heavy atom. The second-order valence-electron chi connectivity index (χ2n) is 5.61. The molecule has 0 spiro atoms. The minimum Gasteiger partial charge on any atom is -0.329 e. The third kappa shape index (κ3) is 3.46. The summed E-state index contributed by atoms with van der Waals surface area (Å²) < 4.78 is 0. The molecule has 2 nitrogen and oxygen atoms in total. The molecule has 0 saturated heterocycles. The van der Waals surface area contributed by atoms with E-state index in [2.05, 4.69) is 46.6 Å². The molecule has 1 unspecified atom stereocenters. The first kappa shape index (κ1) is 15.9. The molecule has 1 atom stereocenters.